The van der Waals surface area contributed by atoms with Crippen LogP contribution >= 0.6 is 0 Å². The van der Waals surface area contributed by atoms with Gasteiger partial charge in [0, 0.05) is 38.0 Å². The lowest BCUT2D eigenvalue weighted by Gasteiger charge is -2.31. The van der Waals surface area contributed by atoms with Crippen molar-refractivity contribution in [2.45, 2.75) is 54.0 Å². The second-order valence-corrected chi connectivity index (χ2v) is 10.0. The van der Waals surface area contributed by atoms with Crippen molar-refractivity contribution in [3.63, 3.8) is 0 Å². The van der Waals surface area contributed by atoms with Gasteiger partial charge in [0.05, 0.1) is 13.7 Å². The van der Waals surface area contributed by atoms with E-state index in [-0.39, 0.29) is 11.8 Å². The third kappa shape index (κ3) is 5.74. The van der Waals surface area contributed by atoms with Crippen LogP contribution in [-0.4, -0.2) is 49.0 Å². The van der Waals surface area contributed by atoms with Crippen molar-refractivity contribution >= 4 is 5.91 Å². The molecule has 1 amide bonds. The first-order valence-electron chi connectivity index (χ1n) is 11.9. The topological polar surface area (TPSA) is 45.9 Å². The second kappa shape index (κ2) is 10.6. The Morgan fingerprint density at radius 2 is 1.91 bits per heavy atom. The largest absolute Gasteiger partial charge is 0.496 e. The molecule has 176 valence electrons. The van der Waals surface area contributed by atoms with E-state index in [2.05, 4.69) is 48.8 Å². The van der Waals surface area contributed by atoms with Gasteiger partial charge in [0.2, 0.25) is 5.91 Å². The average Bonchev–Trinajstić information content (AvgIpc) is 3.28. The molecule has 1 aromatic heterocycles. The lowest BCUT2D eigenvalue weighted by molar-refractivity contribution is -0.135. The van der Waals surface area contributed by atoms with Crippen molar-refractivity contribution < 1.29 is 13.9 Å². The van der Waals surface area contributed by atoms with Crippen LogP contribution in [0.2, 0.25) is 0 Å². The molecule has 0 radical (unpaired) electrons. The fourth-order valence-electron chi connectivity index (χ4n) is 4.89. The number of likely N-dealkylation sites (tertiary alicyclic amines) is 1. The molecule has 1 aliphatic rings. The fraction of sp³-hybridized carbons (Fsp3) is 0.593. The van der Waals surface area contributed by atoms with E-state index in [1.54, 1.807) is 7.11 Å². The van der Waals surface area contributed by atoms with Gasteiger partial charge in [-0.25, -0.2) is 0 Å². The number of ether oxygens (including phenoxy) is 1. The molecule has 1 saturated heterocycles. The molecule has 5 heteroatoms. The van der Waals surface area contributed by atoms with Crippen LogP contribution in [0.5, 0.6) is 5.75 Å². The number of methoxy groups -OCH3 is 1. The Hall–Kier alpha value is -2.27. The van der Waals surface area contributed by atoms with Crippen molar-refractivity contribution in [1.82, 2.24) is 9.80 Å². The quantitative estimate of drug-likeness (QED) is 0.533. The minimum atomic E-state index is 0.00466. The van der Waals surface area contributed by atoms with Crippen molar-refractivity contribution in [2.75, 3.05) is 33.3 Å². The van der Waals surface area contributed by atoms with E-state index >= 15 is 0 Å². The van der Waals surface area contributed by atoms with Gasteiger partial charge in [-0.3, -0.25) is 9.69 Å². The molecule has 2 heterocycles. The standard InChI is InChI=1S/C27H40N2O3/c1-18(2)13-29(27(30)19(3)4)15-22-14-28(16-23-12-20(5)21(6)32-23)17-25(22)24-10-8-9-11-26(24)31-7/h8-12,18-19,22,25H,13-17H2,1-7H3/t22-,25+/m0/s1. The normalized spacial score (nSPS) is 19.2. The molecule has 3 rings (SSSR count). The van der Waals surface area contributed by atoms with Gasteiger partial charge in [-0.2, -0.15) is 0 Å². The van der Waals surface area contributed by atoms with Gasteiger partial charge < -0.3 is 14.1 Å². The minimum absolute atomic E-state index is 0.00466. The second-order valence-electron chi connectivity index (χ2n) is 10.0. The Morgan fingerprint density at radius 3 is 2.50 bits per heavy atom. The molecular formula is C27H40N2O3. The van der Waals surface area contributed by atoms with Crippen molar-refractivity contribution in [1.29, 1.82) is 0 Å². The maximum Gasteiger partial charge on any atom is 0.225 e. The maximum absolute atomic E-state index is 13.0. The number of furan rings is 1. The summed E-state index contributed by atoms with van der Waals surface area (Å²) in [6.45, 7) is 16.7. The predicted molar refractivity (Wildman–Crippen MR) is 129 cm³/mol. The molecule has 0 saturated carbocycles. The summed E-state index contributed by atoms with van der Waals surface area (Å²) in [4.78, 5) is 17.6. The summed E-state index contributed by atoms with van der Waals surface area (Å²) < 4.78 is 11.7. The van der Waals surface area contributed by atoms with Gasteiger partial charge in [-0.15, -0.1) is 0 Å². The summed E-state index contributed by atoms with van der Waals surface area (Å²) in [5.74, 6) is 4.26. The van der Waals surface area contributed by atoms with E-state index in [4.69, 9.17) is 9.15 Å². The summed E-state index contributed by atoms with van der Waals surface area (Å²) >= 11 is 0. The Balaban J connectivity index is 1.87. The van der Waals surface area contributed by atoms with E-state index in [1.165, 1.54) is 11.1 Å². The third-order valence-corrected chi connectivity index (χ3v) is 6.50. The number of rotatable bonds is 9. The lowest BCUT2D eigenvalue weighted by atomic mass is 9.87. The molecule has 0 unspecified atom stereocenters. The van der Waals surface area contributed by atoms with Gasteiger partial charge >= 0.3 is 0 Å². The Morgan fingerprint density at radius 1 is 1.19 bits per heavy atom. The number of benzene rings is 1. The van der Waals surface area contributed by atoms with Crippen LogP contribution in [0.3, 0.4) is 0 Å². The van der Waals surface area contributed by atoms with Crippen LogP contribution in [0.1, 0.15) is 56.3 Å². The number of hydrogen-bond acceptors (Lipinski definition) is 4. The van der Waals surface area contributed by atoms with E-state index in [9.17, 15) is 4.79 Å². The predicted octanol–water partition coefficient (Wildman–Crippen LogP) is 5.26. The Kier molecular flexibility index (Phi) is 8.05. The SMILES string of the molecule is COc1ccccc1[C@@H]1CN(Cc2cc(C)c(C)o2)C[C@H]1CN(CC(C)C)C(=O)C(C)C. The highest BCUT2D eigenvalue weighted by molar-refractivity contribution is 5.78. The summed E-state index contributed by atoms with van der Waals surface area (Å²) in [6.07, 6.45) is 0. The number of para-hydroxylation sites is 1. The van der Waals surface area contributed by atoms with E-state index in [0.29, 0.717) is 17.8 Å². The molecule has 0 aliphatic carbocycles. The lowest BCUT2D eigenvalue weighted by Crippen LogP contribution is -2.41. The van der Waals surface area contributed by atoms with Crippen molar-refractivity contribution in [3.8, 4) is 5.75 Å². The van der Waals surface area contributed by atoms with Crippen LogP contribution in [0.15, 0.2) is 34.7 Å². The van der Waals surface area contributed by atoms with Gasteiger partial charge in [0.1, 0.15) is 17.3 Å². The van der Waals surface area contributed by atoms with Crippen LogP contribution in [-0.2, 0) is 11.3 Å². The highest BCUT2D eigenvalue weighted by atomic mass is 16.5. The number of carbonyl (C=O) groups excluding carboxylic acids is 1. The first-order valence-corrected chi connectivity index (χ1v) is 11.9. The van der Waals surface area contributed by atoms with Crippen molar-refractivity contribution in [2.24, 2.45) is 17.8 Å². The number of carbonyl (C=O) groups is 1. The zero-order chi connectivity index (χ0) is 23.4. The first kappa shape index (κ1) is 24.4. The smallest absolute Gasteiger partial charge is 0.225 e. The van der Waals surface area contributed by atoms with Crippen LogP contribution in [0.4, 0.5) is 0 Å². The van der Waals surface area contributed by atoms with E-state index < -0.39 is 0 Å². The maximum atomic E-state index is 13.0. The third-order valence-electron chi connectivity index (χ3n) is 6.50. The van der Waals surface area contributed by atoms with E-state index in [1.807, 2.05) is 32.9 Å². The highest BCUT2D eigenvalue weighted by Gasteiger charge is 2.37. The Labute approximate surface area is 193 Å². The molecule has 2 atom stereocenters. The van der Waals surface area contributed by atoms with Gasteiger partial charge in [0.15, 0.2) is 0 Å². The molecule has 0 N–H and O–H groups in total. The molecule has 5 nitrogen and oxygen atoms in total. The summed E-state index contributed by atoms with van der Waals surface area (Å²) in [5.41, 5.74) is 2.43. The minimum Gasteiger partial charge on any atom is -0.496 e. The fourth-order valence-corrected chi connectivity index (χ4v) is 4.89. The monoisotopic (exact) mass is 440 g/mol. The van der Waals surface area contributed by atoms with Crippen molar-refractivity contribution in [3.05, 3.63) is 53.0 Å². The molecule has 1 fully saturated rings. The Bertz CT molecular complexity index is 883. The number of nitrogens with zero attached hydrogens (tertiary/aromatic N) is 2. The summed E-state index contributed by atoms with van der Waals surface area (Å²) in [6, 6.07) is 10.5. The molecule has 32 heavy (non-hydrogen) atoms. The van der Waals surface area contributed by atoms with E-state index in [0.717, 1.165) is 50.0 Å². The number of aryl methyl sites for hydroxylation is 2. The van der Waals surface area contributed by atoms with Gasteiger partial charge in [-0.05, 0) is 48.9 Å². The molecular weight excluding hydrogens is 400 g/mol. The van der Waals surface area contributed by atoms with Crippen LogP contribution in [0, 0.1) is 31.6 Å². The van der Waals surface area contributed by atoms with Gasteiger partial charge in [-0.1, -0.05) is 45.9 Å². The highest BCUT2D eigenvalue weighted by Crippen LogP contribution is 2.38. The molecule has 0 bridgehead atoms. The molecule has 1 aromatic carbocycles. The van der Waals surface area contributed by atoms with Crippen LogP contribution in [0.25, 0.3) is 0 Å². The average molecular weight is 441 g/mol. The van der Waals surface area contributed by atoms with Crippen LogP contribution < -0.4 is 4.74 Å². The number of hydrogen-bond donors (Lipinski definition) is 0. The zero-order valence-corrected chi connectivity index (χ0v) is 20.9. The molecule has 0 spiro atoms. The molecule has 2 aromatic rings. The number of amides is 1. The van der Waals surface area contributed by atoms with Gasteiger partial charge in [0.25, 0.3) is 0 Å². The first-order chi connectivity index (χ1) is 15.2. The summed E-state index contributed by atoms with van der Waals surface area (Å²) in [7, 11) is 1.74. The summed E-state index contributed by atoms with van der Waals surface area (Å²) in [5, 5.41) is 0. The zero-order valence-electron chi connectivity index (χ0n) is 20.9. The molecule has 1 aliphatic heterocycles.